The molecule has 0 spiro atoms. The van der Waals surface area contributed by atoms with E-state index in [-0.39, 0.29) is 5.28 Å². The Labute approximate surface area is 111 Å². The van der Waals surface area contributed by atoms with Gasteiger partial charge in [0, 0.05) is 13.6 Å². The Morgan fingerprint density at radius 2 is 2.00 bits per heavy atom. The molecule has 0 fully saturated rings. The lowest BCUT2D eigenvalue weighted by molar-refractivity contribution is 0.401. The summed E-state index contributed by atoms with van der Waals surface area (Å²) in [6.07, 6.45) is 2.66. The number of nitrogens with zero attached hydrogens (tertiary/aromatic N) is 5. The van der Waals surface area contributed by atoms with E-state index in [0.717, 1.165) is 30.8 Å². The number of imidazole rings is 1. The number of H-pyrrole nitrogens is 1. The predicted molar refractivity (Wildman–Crippen MR) is 73.1 cm³/mol. The molecule has 2 heterocycles. The minimum atomic E-state index is 0.226. The third kappa shape index (κ3) is 2.88. The lowest BCUT2D eigenvalue weighted by Crippen LogP contribution is -2.24. The molecule has 0 aromatic carbocycles. The first kappa shape index (κ1) is 13.0. The Balaban J connectivity index is 2.16. The van der Waals surface area contributed by atoms with Crippen molar-refractivity contribution in [1.29, 1.82) is 0 Å². The number of aromatic amines is 1. The molecule has 0 aliphatic carbocycles. The molecular weight excluding hydrogens is 252 g/mol. The van der Waals surface area contributed by atoms with Gasteiger partial charge in [0.05, 0.1) is 6.33 Å². The Hall–Kier alpha value is -1.40. The summed E-state index contributed by atoms with van der Waals surface area (Å²) in [7, 11) is 6.12. The normalized spacial score (nSPS) is 11.4. The van der Waals surface area contributed by atoms with Crippen LogP contribution in [0, 0.1) is 0 Å². The highest BCUT2D eigenvalue weighted by Crippen LogP contribution is 2.21. The van der Waals surface area contributed by atoms with Crippen molar-refractivity contribution in [2.45, 2.75) is 6.42 Å². The highest BCUT2D eigenvalue weighted by molar-refractivity contribution is 6.28. The van der Waals surface area contributed by atoms with Crippen LogP contribution in [-0.2, 0) is 0 Å². The summed E-state index contributed by atoms with van der Waals surface area (Å²) in [5, 5.41) is 0.226. The lowest BCUT2D eigenvalue weighted by Gasteiger charge is -2.19. The summed E-state index contributed by atoms with van der Waals surface area (Å²) >= 11 is 5.90. The maximum Gasteiger partial charge on any atom is 0.226 e. The van der Waals surface area contributed by atoms with Gasteiger partial charge >= 0.3 is 0 Å². The maximum atomic E-state index is 5.90. The highest BCUT2D eigenvalue weighted by atomic mass is 35.5. The number of nitrogens with one attached hydrogen (secondary N) is 1. The van der Waals surface area contributed by atoms with Gasteiger partial charge in [-0.25, -0.2) is 4.98 Å². The number of anilines is 1. The molecule has 18 heavy (non-hydrogen) atoms. The van der Waals surface area contributed by atoms with Crippen molar-refractivity contribution in [2.75, 3.05) is 39.1 Å². The molecule has 0 aliphatic heterocycles. The van der Waals surface area contributed by atoms with E-state index in [2.05, 4.69) is 43.8 Å². The fourth-order valence-electron chi connectivity index (χ4n) is 1.80. The van der Waals surface area contributed by atoms with Gasteiger partial charge in [0.1, 0.15) is 5.52 Å². The molecule has 2 aromatic heterocycles. The van der Waals surface area contributed by atoms with Gasteiger partial charge in [0.2, 0.25) is 5.28 Å². The van der Waals surface area contributed by atoms with E-state index in [4.69, 9.17) is 11.6 Å². The van der Waals surface area contributed by atoms with E-state index < -0.39 is 0 Å². The average Bonchev–Trinajstić information content (AvgIpc) is 2.74. The smallest absolute Gasteiger partial charge is 0.226 e. The molecule has 1 N–H and O–H groups in total. The standard InChI is InChI=1S/C11H17ClN6/c1-17(2)5-4-6-18(3)10-8-9(14-7-13-8)15-11(12)16-10/h7H,4-6H2,1-3H3,(H,13,14,15,16). The first-order chi connectivity index (χ1) is 8.58. The summed E-state index contributed by atoms with van der Waals surface area (Å²) in [5.74, 6) is 0.793. The predicted octanol–water partition coefficient (Wildman–Crippen LogP) is 1.39. The van der Waals surface area contributed by atoms with Crippen LogP contribution in [0.25, 0.3) is 11.2 Å². The Morgan fingerprint density at radius 3 is 2.72 bits per heavy atom. The van der Waals surface area contributed by atoms with Crippen molar-refractivity contribution in [1.82, 2.24) is 24.8 Å². The number of hydrogen-bond donors (Lipinski definition) is 1. The van der Waals surface area contributed by atoms with Crippen molar-refractivity contribution >= 4 is 28.6 Å². The van der Waals surface area contributed by atoms with E-state index >= 15 is 0 Å². The molecule has 0 radical (unpaired) electrons. The minimum absolute atomic E-state index is 0.226. The maximum absolute atomic E-state index is 5.90. The third-order valence-corrected chi connectivity index (χ3v) is 2.87. The SMILES string of the molecule is CN(C)CCCN(C)c1nc(Cl)nc2nc[nH]c12. The van der Waals surface area contributed by atoms with Crippen molar-refractivity contribution < 1.29 is 0 Å². The van der Waals surface area contributed by atoms with E-state index in [9.17, 15) is 0 Å². The van der Waals surface area contributed by atoms with Crippen molar-refractivity contribution in [2.24, 2.45) is 0 Å². The van der Waals surface area contributed by atoms with Gasteiger partial charge in [-0.05, 0) is 38.7 Å². The van der Waals surface area contributed by atoms with Crippen molar-refractivity contribution in [3.63, 3.8) is 0 Å². The molecule has 0 saturated carbocycles. The molecule has 7 heteroatoms. The van der Waals surface area contributed by atoms with Gasteiger partial charge < -0.3 is 14.8 Å². The van der Waals surface area contributed by atoms with Gasteiger partial charge in [0.15, 0.2) is 11.5 Å². The van der Waals surface area contributed by atoms with Crippen molar-refractivity contribution in [3.8, 4) is 0 Å². The number of fused-ring (bicyclic) bond motifs is 1. The number of aromatic nitrogens is 4. The highest BCUT2D eigenvalue weighted by Gasteiger charge is 2.12. The zero-order valence-electron chi connectivity index (χ0n) is 10.8. The van der Waals surface area contributed by atoms with Crippen LogP contribution < -0.4 is 4.90 Å². The second-order valence-corrected chi connectivity index (χ2v) is 4.83. The second-order valence-electron chi connectivity index (χ2n) is 4.50. The lowest BCUT2D eigenvalue weighted by atomic mass is 10.3. The first-order valence-electron chi connectivity index (χ1n) is 5.80. The zero-order chi connectivity index (χ0) is 13.1. The third-order valence-electron chi connectivity index (χ3n) is 2.70. The Morgan fingerprint density at radius 1 is 1.22 bits per heavy atom. The molecule has 0 saturated heterocycles. The van der Waals surface area contributed by atoms with E-state index in [0.29, 0.717) is 5.65 Å². The summed E-state index contributed by atoms with van der Waals surface area (Å²) in [6, 6.07) is 0. The molecule has 98 valence electrons. The monoisotopic (exact) mass is 268 g/mol. The topological polar surface area (TPSA) is 60.9 Å². The first-order valence-corrected chi connectivity index (χ1v) is 6.18. The summed E-state index contributed by atoms with van der Waals surface area (Å²) in [4.78, 5) is 19.7. The molecule has 2 aromatic rings. The van der Waals surface area contributed by atoms with Gasteiger partial charge in [-0.2, -0.15) is 9.97 Å². The van der Waals surface area contributed by atoms with Crippen LogP contribution in [-0.4, -0.2) is 59.1 Å². The molecule has 0 aliphatic rings. The van der Waals surface area contributed by atoms with Crippen molar-refractivity contribution in [3.05, 3.63) is 11.6 Å². The average molecular weight is 269 g/mol. The molecular formula is C11H17ClN6. The quantitative estimate of drug-likeness (QED) is 0.831. The Kier molecular flexibility index (Phi) is 3.98. The van der Waals surface area contributed by atoms with Gasteiger partial charge in [-0.3, -0.25) is 0 Å². The largest absolute Gasteiger partial charge is 0.358 e. The summed E-state index contributed by atoms with van der Waals surface area (Å²) in [5.41, 5.74) is 1.43. The minimum Gasteiger partial charge on any atom is -0.358 e. The fraction of sp³-hybridized carbons (Fsp3) is 0.545. The number of halogens is 1. The molecule has 0 amide bonds. The van der Waals surface area contributed by atoms with Crippen LogP contribution >= 0.6 is 11.6 Å². The van der Waals surface area contributed by atoms with Crippen LogP contribution in [0.2, 0.25) is 5.28 Å². The number of hydrogen-bond acceptors (Lipinski definition) is 5. The van der Waals surface area contributed by atoms with E-state index in [1.54, 1.807) is 6.33 Å². The summed E-state index contributed by atoms with van der Waals surface area (Å²) < 4.78 is 0. The van der Waals surface area contributed by atoms with E-state index in [1.807, 2.05) is 7.05 Å². The number of rotatable bonds is 5. The molecule has 0 atom stereocenters. The van der Waals surface area contributed by atoms with Crippen LogP contribution in [0.4, 0.5) is 5.82 Å². The van der Waals surface area contributed by atoms with Crippen LogP contribution in [0.15, 0.2) is 6.33 Å². The molecule has 2 rings (SSSR count). The fourth-order valence-corrected chi connectivity index (χ4v) is 1.96. The second kappa shape index (κ2) is 5.49. The summed E-state index contributed by atoms with van der Waals surface area (Å²) in [6.45, 7) is 1.94. The molecule has 0 bridgehead atoms. The van der Waals surface area contributed by atoms with E-state index in [1.165, 1.54) is 0 Å². The van der Waals surface area contributed by atoms with Crippen LogP contribution in [0.1, 0.15) is 6.42 Å². The van der Waals surface area contributed by atoms with Gasteiger partial charge in [-0.1, -0.05) is 0 Å². The van der Waals surface area contributed by atoms with Gasteiger partial charge in [0.25, 0.3) is 0 Å². The van der Waals surface area contributed by atoms with Crippen LogP contribution in [0.3, 0.4) is 0 Å². The zero-order valence-corrected chi connectivity index (χ0v) is 11.6. The van der Waals surface area contributed by atoms with Gasteiger partial charge in [-0.15, -0.1) is 0 Å². The Bertz CT molecular complexity index is 523. The van der Waals surface area contributed by atoms with Crippen LogP contribution in [0.5, 0.6) is 0 Å². The molecule has 0 unspecified atom stereocenters. The molecule has 6 nitrogen and oxygen atoms in total.